The van der Waals surface area contributed by atoms with E-state index in [9.17, 15) is 19.2 Å². The Bertz CT molecular complexity index is 1270. The van der Waals surface area contributed by atoms with Gasteiger partial charge in [-0.25, -0.2) is 0 Å². The summed E-state index contributed by atoms with van der Waals surface area (Å²) in [5.74, 6) is 0.385. The molecule has 9 heteroatoms. The van der Waals surface area contributed by atoms with Crippen molar-refractivity contribution >= 4 is 35.1 Å². The van der Waals surface area contributed by atoms with Crippen LogP contribution in [0.2, 0.25) is 0 Å². The summed E-state index contributed by atoms with van der Waals surface area (Å²) in [6.45, 7) is 10.4. The first-order valence-electron chi connectivity index (χ1n) is 17.8. The zero-order valence-electron chi connectivity index (χ0n) is 29.5. The lowest BCUT2D eigenvalue weighted by Crippen LogP contribution is -2.47. The Hall–Kier alpha value is -3.01. The zero-order chi connectivity index (χ0) is 34.9. The second-order valence-electron chi connectivity index (χ2n) is 14.0. The van der Waals surface area contributed by atoms with Crippen molar-refractivity contribution in [2.75, 3.05) is 31.1 Å². The van der Waals surface area contributed by atoms with Gasteiger partial charge >= 0.3 is 0 Å². The van der Waals surface area contributed by atoms with E-state index in [1.54, 1.807) is 0 Å². The van der Waals surface area contributed by atoms with Crippen molar-refractivity contribution in [3.63, 3.8) is 0 Å². The van der Waals surface area contributed by atoms with Gasteiger partial charge in [0, 0.05) is 49.6 Å². The molecule has 0 spiro atoms. The van der Waals surface area contributed by atoms with Crippen LogP contribution in [0.5, 0.6) is 0 Å². The molecule has 1 fully saturated rings. The van der Waals surface area contributed by atoms with Crippen LogP contribution < -0.4 is 16.4 Å². The van der Waals surface area contributed by atoms with Crippen LogP contribution in [0.3, 0.4) is 0 Å². The van der Waals surface area contributed by atoms with Crippen molar-refractivity contribution < 1.29 is 19.2 Å². The maximum atomic E-state index is 14.0. The Balaban J connectivity index is 1.77. The molecule has 0 saturated carbocycles. The van der Waals surface area contributed by atoms with E-state index in [1.165, 1.54) is 0 Å². The van der Waals surface area contributed by atoms with Crippen molar-refractivity contribution in [1.82, 2.24) is 15.5 Å². The van der Waals surface area contributed by atoms with Gasteiger partial charge in [-0.2, -0.15) is 11.8 Å². The van der Waals surface area contributed by atoms with Crippen molar-refractivity contribution in [3.8, 4) is 0 Å². The van der Waals surface area contributed by atoms with E-state index in [2.05, 4.69) is 24.5 Å². The largest absolute Gasteiger partial charge is 0.346 e. The molecule has 0 aliphatic carbocycles. The summed E-state index contributed by atoms with van der Waals surface area (Å²) in [7, 11) is 0. The lowest BCUT2D eigenvalue weighted by Gasteiger charge is -2.28. The first-order valence-corrected chi connectivity index (χ1v) is 19.0. The number of nitrogens with one attached hydrogen (secondary N) is 2. The third-order valence-electron chi connectivity index (χ3n) is 8.88. The van der Waals surface area contributed by atoms with Gasteiger partial charge in [0.2, 0.25) is 11.8 Å². The number of Topliss-reactive ketones (excluding diaryl/α,β-unsaturated/α-hetero) is 2. The molecule has 1 saturated heterocycles. The van der Waals surface area contributed by atoms with Crippen LogP contribution in [-0.2, 0) is 32.0 Å². The second kappa shape index (κ2) is 21.2. The second-order valence-corrected chi connectivity index (χ2v) is 15.2. The number of nitrogens with zero attached hydrogens (tertiary/aromatic N) is 1. The minimum Gasteiger partial charge on any atom is -0.346 e. The molecular weight excluding hydrogens is 621 g/mol. The Morgan fingerprint density at radius 3 is 2.06 bits per heavy atom. The van der Waals surface area contributed by atoms with Crippen LogP contribution in [0.15, 0.2) is 60.7 Å². The van der Waals surface area contributed by atoms with Crippen molar-refractivity contribution in [3.05, 3.63) is 71.8 Å². The first-order chi connectivity index (χ1) is 23.0. The summed E-state index contributed by atoms with van der Waals surface area (Å²) in [6.07, 6.45) is 3.63. The highest BCUT2D eigenvalue weighted by Crippen LogP contribution is 2.22. The predicted octanol–water partition coefficient (Wildman–Crippen LogP) is 5.22. The van der Waals surface area contributed by atoms with Gasteiger partial charge in [0.15, 0.2) is 11.6 Å². The molecule has 1 heterocycles. The molecule has 1 aliphatic heterocycles. The quantitative estimate of drug-likeness (QED) is 0.164. The fourth-order valence-corrected chi connectivity index (χ4v) is 7.11. The number of nitrogens with two attached hydrogens (primary N) is 1. The van der Waals surface area contributed by atoms with Crippen LogP contribution in [0.25, 0.3) is 0 Å². The summed E-state index contributed by atoms with van der Waals surface area (Å²) < 4.78 is 0. The Kier molecular flexibility index (Phi) is 17.4. The highest BCUT2D eigenvalue weighted by Gasteiger charge is 2.33. The first kappa shape index (κ1) is 39.4. The lowest BCUT2D eigenvalue weighted by atomic mass is 9.87. The maximum Gasteiger partial charge on any atom is 0.226 e. The van der Waals surface area contributed by atoms with Gasteiger partial charge in [0.1, 0.15) is 0 Å². The van der Waals surface area contributed by atoms with Gasteiger partial charge in [-0.05, 0) is 67.9 Å². The molecule has 48 heavy (non-hydrogen) atoms. The molecular formula is C39H58N4O4S. The summed E-state index contributed by atoms with van der Waals surface area (Å²) in [4.78, 5) is 57.2. The molecule has 264 valence electrons. The van der Waals surface area contributed by atoms with Crippen molar-refractivity contribution in [2.45, 2.75) is 97.2 Å². The van der Waals surface area contributed by atoms with Gasteiger partial charge in [-0.1, -0.05) is 88.4 Å². The van der Waals surface area contributed by atoms with Gasteiger partial charge in [-0.3, -0.25) is 19.2 Å². The molecule has 3 rings (SSSR count). The fourth-order valence-electron chi connectivity index (χ4n) is 6.23. The van der Waals surface area contributed by atoms with Crippen LogP contribution in [-0.4, -0.2) is 77.5 Å². The number of benzene rings is 2. The monoisotopic (exact) mass is 678 g/mol. The molecule has 1 aliphatic rings. The van der Waals surface area contributed by atoms with Crippen molar-refractivity contribution in [2.24, 2.45) is 23.5 Å². The van der Waals surface area contributed by atoms with Crippen LogP contribution in [0, 0.1) is 17.8 Å². The minimum absolute atomic E-state index is 0.0196. The summed E-state index contributed by atoms with van der Waals surface area (Å²) in [6, 6.07) is 18.1. The van der Waals surface area contributed by atoms with E-state index in [-0.39, 0.29) is 42.1 Å². The number of amides is 2. The molecule has 2 aromatic rings. The topological polar surface area (TPSA) is 122 Å². The molecule has 0 radical (unpaired) electrons. The fraction of sp³-hybridized carbons (Fsp3) is 0.590. The average Bonchev–Trinajstić information content (AvgIpc) is 3.35. The van der Waals surface area contributed by atoms with Crippen LogP contribution in [0.4, 0.5) is 0 Å². The summed E-state index contributed by atoms with van der Waals surface area (Å²) in [5, 5.41) is 6.48. The Morgan fingerprint density at radius 1 is 0.812 bits per heavy atom. The Labute approximate surface area is 292 Å². The number of thioether (sulfide) groups is 1. The number of carbonyl (C=O) groups excluding carboxylic acids is 4. The SMILES string of the molecule is CC(C)C[C@@H](NC(=O)[C@H](CC(=O)[C@H](N)Cc1ccccc1)Cc1ccccc1)C(=O)C[C@H](CCCNC(C)C)C(=O)N1CCCSCC1. The molecule has 0 bridgehead atoms. The molecule has 0 unspecified atom stereocenters. The van der Waals surface area contributed by atoms with E-state index in [4.69, 9.17) is 5.73 Å². The van der Waals surface area contributed by atoms with Gasteiger partial charge in [0.25, 0.3) is 0 Å². The van der Waals surface area contributed by atoms with E-state index >= 15 is 0 Å². The summed E-state index contributed by atoms with van der Waals surface area (Å²) in [5.41, 5.74) is 8.25. The maximum absolute atomic E-state index is 14.0. The molecule has 2 aromatic carbocycles. The van der Waals surface area contributed by atoms with Gasteiger partial charge < -0.3 is 21.3 Å². The van der Waals surface area contributed by atoms with Crippen molar-refractivity contribution in [1.29, 1.82) is 0 Å². The standard InChI is InChI=1S/C39H58N4O4S/c1-28(2)23-35(37(45)26-32(17-11-18-41-29(3)4)39(47)43-19-12-21-48-22-20-43)42-38(46)33(24-30-13-7-5-8-14-30)27-36(44)34(40)25-31-15-9-6-10-16-31/h5-10,13-16,28-29,32-35,41H,11-12,17-27,40H2,1-4H3,(H,42,46)/t32-,33-,34+,35+/m0/s1. The number of rotatable bonds is 20. The van der Waals surface area contributed by atoms with Crippen LogP contribution >= 0.6 is 11.8 Å². The average molecular weight is 679 g/mol. The zero-order valence-corrected chi connectivity index (χ0v) is 30.3. The van der Waals surface area contributed by atoms with E-state index in [0.717, 1.165) is 42.0 Å². The number of ketones is 2. The minimum atomic E-state index is -0.743. The third kappa shape index (κ3) is 14.2. The van der Waals surface area contributed by atoms with E-state index < -0.39 is 23.9 Å². The number of hydrogen-bond donors (Lipinski definition) is 3. The number of hydrogen-bond acceptors (Lipinski definition) is 7. The smallest absolute Gasteiger partial charge is 0.226 e. The molecule has 2 amide bonds. The predicted molar refractivity (Wildman–Crippen MR) is 197 cm³/mol. The van der Waals surface area contributed by atoms with E-state index in [0.29, 0.717) is 44.8 Å². The Morgan fingerprint density at radius 2 is 1.44 bits per heavy atom. The molecule has 8 nitrogen and oxygen atoms in total. The third-order valence-corrected chi connectivity index (χ3v) is 9.93. The molecule has 4 N–H and O–H groups in total. The highest BCUT2D eigenvalue weighted by atomic mass is 32.2. The molecule has 4 atom stereocenters. The lowest BCUT2D eigenvalue weighted by molar-refractivity contribution is -0.139. The van der Waals surface area contributed by atoms with Gasteiger partial charge in [-0.15, -0.1) is 0 Å². The molecule has 0 aromatic heterocycles. The van der Waals surface area contributed by atoms with Crippen LogP contribution in [0.1, 0.15) is 77.3 Å². The number of carbonyl (C=O) groups is 4. The highest BCUT2D eigenvalue weighted by molar-refractivity contribution is 7.99. The van der Waals surface area contributed by atoms with E-state index in [1.807, 2.05) is 91.2 Å². The normalized spacial score (nSPS) is 16.2. The summed E-state index contributed by atoms with van der Waals surface area (Å²) >= 11 is 1.86. The van der Waals surface area contributed by atoms with Gasteiger partial charge in [0.05, 0.1) is 12.1 Å².